The Hall–Kier alpha value is 0.110. The molecule has 3 heteroatoms. The van der Waals surface area contributed by atoms with Gasteiger partial charge >= 0.3 is 0 Å². The quantitative estimate of drug-likeness (QED) is 0.446. The molecule has 0 atom stereocenters. The molecule has 0 saturated heterocycles. The highest BCUT2D eigenvalue weighted by Crippen LogP contribution is 2.35. The van der Waals surface area contributed by atoms with Crippen molar-refractivity contribution in [2.45, 2.75) is 38.0 Å². The molecule has 0 fully saturated rings. The molecule has 0 aliphatic rings. The van der Waals surface area contributed by atoms with Crippen molar-refractivity contribution in [3.05, 3.63) is 35.6 Å². The average Bonchev–Trinajstić information content (AvgIpc) is 2.36. The maximum absolute atomic E-state index is 13.9. The lowest BCUT2D eigenvalue weighted by molar-refractivity contribution is 0.446. The summed E-state index contributed by atoms with van der Waals surface area (Å²) in [6.07, 6.45) is 4.55. The van der Waals surface area contributed by atoms with Gasteiger partial charge in [0.25, 0.3) is 0 Å². The van der Waals surface area contributed by atoms with E-state index in [9.17, 15) is 4.39 Å². The van der Waals surface area contributed by atoms with Gasteiger partial charge in [0.15, 0.2) is 0 Å². The smallest absolute Gasteiger partial charge is 0.127 e. The molecule has 0 aromatic heterocycles. The van der Waals surface area contributed by atoms with Crippen molar-refractivity contribution in [2.24, 2.45) is 0 Å². The molecule has 96 valence electrons. The number of alkyl halides is 2. The zero-order chi connectivity index (χ0) is 12.7. The summed E-state index contributed by atoms with van der Waals surface area (Å²) in [7, 11) is 0. The second-order valence-corrected chi connectivity index (χ2v) is 5.61. The number of unbranched alkanes of at least 4 members (excludes halogenated alkanes) is 2. The first-order valence-corrected chi connectivity index (χ1v) is 8.31. The number of benzene rings is 1. The highest BCUT2D eigenvalue weighted by atomic mass is 79.9. The second-order valence-electron chi connectivity index (χ2n) is 4.48. The molecule has 0 unspecified atom stereocenters. The molecule has 0 bridgehead atoms. The highest BCUT2D eigenvalue weighted by Gasteiger charge is 2.31. The van der Waals surface area contributed by atoms with Gasteiger partial charge in [-0.3, -0.25) is 0 Å². The van der Waals surface area contributed by atoms with Crippen LogP contribution < -0.4 is 0 Å². The van der Waals surface area contributed by atoms with Gasteiger partial charge < -0.3 is 0 Å². The maximum atomic E-state index is 13.9. The van der Waals surface area contributed by atoms with Crippen LogP contribution in [0.15, 0.2) is 24.3 Å². The van der Waals surface area contributed by atoms with E-state index in [1.807, 2.05) is 12.1 Å². The lowest BCUT2D eigenvalue weighted by Gasteiger charge is -2.31. The lowest BCUT2D eigenvalue weighted by Crippen LogP contribution is -2.31. The zero-order valence-electron chi connectivity index (χ0n) is 10.2. The van der Waals surface area contributed by atoms with Gasteiger partial charge in [0, 0.05) is 16.1 Å². The molecule has 0 N–H and O–H groups in total. The molecular weight excluding hydrogens is 347 g/mol. The van der Waals surface area contributed by atoms with E-state index in [0.29, 0.717) is 0 Å². The van der Waals surface area contributed by atoms with E-state index >= 15 is 0 Å². The Morgan fingerprint density at radius 3 is 2.29 bits per heavy atom. The van der Waals surface area contributed by atoms with Crippen LogP contribution in [0.1, 0.15) is 38.2 Å². The van der Waals surface area contributed by atoms with Crippen LogP contribution in [0.4, 0.5) is 4.39 Å². The van der Waals surface area contributed by atoms with E-state index in [0.717, 1.165) is 29.1 Å². The van der Waals surface area contributed by atoms with Crippen LogP contribution in [0.5, 0.6) is 0 Å². The van der Waals surface area contributed by atoms with Crippen LogP contribution in [0.2, 0.25) is 0 Å². The van der Waals surface area contributed by atoms with E-state index in [4.69, 9.17) is 0 Å². The molecule has 0 nitrogen and oxygen atoms in total. The summed E-state index contributed by atoms with van der Waals surface area (Å²) in [5.41, 5.74) is 0.699. The third-order valence-electron chi connectivity index (χ3n) is 3.22. The fraction of sp³-hybridized carbons (Fsp3) is 0.571. The van der Waals surface area contributed by atoms with Crippen molar-refractivity contribution in [1.82, 2.24) is 0 Å². The summed E-state index contributed by atoms with van der Waals surface area (Å²) < 4.78 is 13.9. The molecule has 0 heterocycles. The van der Waals surface area contributed by atoms with Gasteiger partial charge in [-0.15, -0.1) is 0 Å². The number of halogens is 3. The third kappa shape index (κ3) is 3.78. The molecule has 17 heavy (non-hydrogen) atoms. The van der Waals surface area contributed by atoms with Crippen LogP contribution >= 0.6 is 31.9 Å². The minimum atomic E-state index is -0.124. The zero-order valence-corrected chi connectivity index (χ0v) is 13.4. The predicted octanol–water partition coefficient (Wildman–Crippen LogP) is 5.43. The van der Waals surface area contributed by atoms with E-state index < -0.39 is 0 Å². The van der Waals surface area contributed by atoms with Crippen LogP contribution in [0.25, 0.3) is 0 Å². The summed E-state index contributed by atoms with van der Waals surface area (Å²) >= 11 is 7.12. The first kappa shape index (κ1) is 15.2. The van der Waals surface area contributed by atoms with Gasteiger partial charge in [-0.05, 0) is 18.1 Å². The molecule has 0 radical (unpaired) electrons. The molecule has 1 aromatic rings. The molecule has 0 amide bonds. The Morgan fingerprint density at radius 2 is 1.76 bits per heavy atom. The van der Waals surface area contributed by atoms with Gasteiger partial charge in [0.2, 0.25) is 0 Å². The Kier molecular flexibility index (Phi) is 6.71. The van der Waals surface area contributed by atoms with Crippen molar-refractivity contribution in [3.8, 4) is 0 Å². The van der Waals surface area contributed by atoms with Crippen LogP contribution in [0.3, 0.4) is 0 Å². The summed E-state index contributed by atoms with van der Waals surface area (Å²) in [4.78, 5) is 0. The molecular formula is C14H19Br2F. The van der Waals surface area contributed by atoms with Gasteiger partial charge in [-0.1, -0.05) is 76.2 Å². The first-order chi connectivity index (χ1) is 8.20. The fourth-order valence-electron chi connectivity index (χ4n) is 2.05. The number of hydrogen-bond donors (Lipinski definition) is 0. The Bertz CT molecular complexity index is 335. The Balaban J connectivity index is 2.94. The Labute approximate surface area is 120 Å². The molecule has 0 spiro atoms. The Morgan fingerprint density at radius 1 is 1.12 bits per heavy atom. The number of rotatable bonds is 7. The van der Waals surface area contributed by atoms with Gasteiger partial charge in [-0.2, -0.15) is 0 Å². The third-order valence-corrected chi connectivity index (χ3v) is 5.36. The van der Waals surface area contributed by atoms with Gasteiger partial charge in [0.1, 0.15) is 5.82 Å². The number of hydrogen-bond acceptors (Lipinski definition) is 0. The fourth-order valence-corrected chi connectivity index (χ4v) is 4.15. The van der Waals surface area contributed by atoms with Crippen molar-refractivity contribution in [3.63, 3.8) is 0 Å². The van der Waals surface area contributed by atoms with Crippen molar-refractivity contribution >= 4 is 31.9 Å². The molecule has 0 aliphatic heterocycles. The van der Waals surface area contributed by atoms with Crippen LogP contribution in [-0.2, 0) is 5.41 Å². The lowest BCUT2D eigenvalue weighted by atomic mass is 9.79. The second kappa shape index (κ2) is 7.52. The largest absolute Gasteiger partial charge is 0.207 e. The van der Waals surface area contributed by atoms with E-state index in [1.54, 1.807) is 12.1 Å². The summed E-state index contributed by atoms with van der Waals surface area (Å²) in [6, 6.07) is 7.12. The first-order valence-electron chi connectivity index (χ1n) is 6.07. The summed E-state index contributed by atoms with van der Waals surface area (Å²) in [6.45, 7) is 2.19. The highest BCUT2D eigenvalue weighted by molar-refractivity contribution is 9.09. The van der Waals surface area contributed by atoms with Crippen molar-refractivity contribution in [1.29, 1.82) is 0 Å². The normalized spacial score (nSPS) is 11.8. The maximum Gasteiger partial charge on any atom is 0.127 e. The summed E-state index contributed by atoms with van der Waals surface area (Å²) in [5, 5.41) is 1.58. The van der Waals surface area contributed by atoms with E-state index in [1.165, 1.54) is 12.8 Å². The SMILES string of the molecule is CCCCCC(CBr)(CBr)c1ccccc1F. The molecule has 0 aliphatic carbocycles. The average molecular weight is 366 g/mol. The van der Waals surface area contributed by atoms with Crippen molar-refractivity contribution in [2.75, 3.05) is 10.7 Å². The van der Waals surface area contributed by atoms with E-state index in [2.05, 4.69) is 38.8 Å². The molecule has 1 aromatic carbocycles. The van der Waals surface area contributed by atoms with Crippen LogP contribution in [-0.4, -0.2) is 10.7 Å². The minimum Gasteiger partial charge on any atom is -0.207 e. The van der Waals surface area contributed by atoms with Gasteiger partial charge in [-0.25, -0.2) is 4.39 Å². The monoisotopic (exact) mass is 364 g/mol. The topological polar surface area (TPSA) is 0 Å². The minimum absolute atomic E-state index is 0.0945. The molecule has 0 saturated carbocycles. The van der Waals surface area contributed by atoms with Crippen LogP contribution in [0, 0.1) is 5.82 Å². The molecule has 1 rings (SSSR count). The van der Waals surface area contributed by atoms with E-state index in [-0.39, 0.29) is 11.2 Å². The van der Waals surface area contributed by atoms with Crippen molar-refractivity contribution < 1.29 is 4.39 Å². The van der Waals surface area contributed by atoms with Gasteiger partial charge in [0.05, 0.1) is 0 Å². The predicted molar refractivity (Wildman–Crippen MR) is 79.8 cm³/mol. The standard InChI is InChI=1S/C14H19Br2F/c1-2-3-6-9-14(10-15,11-16)12-7-4-5-8-13(12)17/h4-5,7-8H,2-3,6,9-11H2,1H3. The summed E-state index contributed by atoms with van der Waals surface area (Å²) in [5.74, 6) is -0.0945.